The van der Waals surface area contributed by atoms with Crippen LogP contribution in [0.25, 0.3) is 0 Å². The number of ether oxygens (including phenoxy) is 1. The second-order valence-corrected chi connectivity index (χ2v) is 5.14. The number of carbonyl (C=O) groups is 1. The summed E-state index contributed by atoms with van der Waals surface area (Å²) in [6.07, 6.45) is 1.08. The summed E-state index contributed by atoms with van der Waals surface area (Å²) in [6, 6.07) is 9.47. The van der Waals surface area contributed by atoms with Crippen molar-refractivity contribution in [1.29, 1.82) is 0 Å². The molecule has 4 heteroatoms. The molecule has 1 fully saturated rings. The fourth-order valence-corrected chi connectivity index (χ4v) is 2.69. The molecule has 4 nitrogen and oxygen atoms in total. The highest BCUT2D eigenvalue weighted by molar-refractivity contribution is 5.67. The molecule has 1 saturated heterocycles. The maximum absolute atomic E-state index is 11.5. The van der Waals surface area contributed by atoms with Crippen molar-refractivity contribution in [3.8, 4) is 0 Å². The monoisotopic (exact) mass is 261 g/mol. The lowest BCUT2D eigenvalue weighted by molar-refractivity contribution is -0.0673. The normalized spacial score (nSPS) is 25.3. The SMILES string of the molecule is C=CCC1C(c2ccccc2)OC(C)(C)N1C(=O)O. The van der Waals surface area contributed by atoms with Crippen molar-refractivity contribution in [3.05, 3.63) is 48.6 Å². The van der Waals surface area contributed by atoms with Gasteiger partial charge in [0.05, 0.1) is 6.04 Å². The Hall–Kier alpha value is -1.81. The Balaban J connectivity index is 2.39. The van der Waals surface area contributed by atoms with Crippen LogP contribution in [0.1, 0.15) is 31.9 Å². The third kappa shape index (κ3) is 2.49. The van der Waals surface area contributed by atoms with Crippen LogP contribution >= 0.6 is 0 Å². The number of nitrogens with zero attached hydrogens (tertiary/aromatic N) is 1. The first-order valence-electron chi connectivity index (χ1n) is 6.33. The van der Waals surface area contributed by atoms with E-state index < -0.39 is 11.8 Å². The van der Waals surface area contributed by atoms with Crippen molar-refractivity contribution >= 4 is 6.09 Å². The summed E-state index contributed by atoms with van der Waals surface area (Å²) in [5.74, 6) is 0. The molecule has 2 rings (SSSR count). The zero-order chi connectivity index (χ0) is 14.0. The van der Waals surface area contributed by atoms with E-state index in [1.165, 1.54) is 4.90 Å². The first kappa shape index (κ1) is 13.6. The molecular formula is C15H19NO3. The highest BCUT2D eigenvalue weighted by atomic mass is 16.6. The zero-order valence-electron chi connectivity index (χ0n) is 11.2. The third-order valence-corrected chi connectivity index (χ3v) is 3.42. The molecule has 2 unspecified atom stereocenters. The highest BCUT2D eigenvalue weighted by Crippen LogP contribution is 2.42. The average Bonchev–Trinajstić information content (AvgIpc) is 2.62. The Labute approximate surface area is 113 Å². The lowest BCUT2D eigenvalue weighted by atomic mass is 9.99. The first-order valence-corrected chi connectivity index (χ1v) is 6.33. The second-order valence-electron chi connectivity index (χ2n) is 5.14. The topological polar surface area (TPSA) is 49.8 Å². The van der Waals surface area contributed by atoms with Gasteiger partial charge in [-0.15, -0.1) is 6.58 Å². The second kappa shape index (κ2) is 5.05. The van der Waals surface area contributed by atoms with Crippen LogP contribution in [0, 0.1) is 0 Å². The minimum absolute atomic E-state index is 0.243. The number of amides is 1. The van der Waals surface area contributed by atoms with Gasteiger partial charge in [-0.2, -0.15) is 0 Å². The molecule has 1 aromatic carbocycles. The van der Waals surface area contributed by atoms with Gasteiger partial charge < -0.3 is 9.84 Å². The van der Waals surface area contributed by atoms with E-state index in [0.29, 0.717) is 6.42 Å². The van der Waals surface area contributed by atoms with Crippen LogP contribution in [0.2, 0.25) is 0 Å². The van der Waals surface area contributed by atoms with Crippen molar-refractivity contribution in [3.63, 3.8) is 0 Å². The Morgan fingerprint density at radius 3 is 2.63 bits per heavy atom. The van der Waals surface area contributed by atoms with Gasteiger partial charge in [0, 0.05) is 0 Å². The fraction of sp³-hybridized carbons (Fsp3) is 0.400. The van der Waals surface area contributed by atoms with Gasteiger partial charge in [-0.25, -0.2) is 4.79 Å². The van der Waals surface area contributed by atoms with Gasteiger partial charge in [-0.1, -0.05) is 36.4 Å². The largest absolute Gasteiger partial charge is 0.465 e. The third-order valence-electron chi connectivity index (χ3n) is 3.42. The van der Waals surface area contributed by atoms with E-state index in [0.717, 1.165) is 5.56 Å². The Morgan fingerprint density at radius 2 is 2.11 bits per heavy atom. The molecule has 1 aromatic rings. The van der Waals surface area contributed by atoms with Crippen LogP contribution in [-0.2, 0) is 4.74 Å². The van der Waals surface area contributed by atoms with Gasteiger partial charge in [0.15, 0.2) is 0 Å². The lowest BCUT2D eigenvalue weighted by Gasteiger charge is -2.30. The predicted octanol–water partition coefficient (Wildman–Crippen LogP) is 3.42. The van der Waals surface area contributed by atoms with E-state index in [1.54, 1.807) is 19.9 Å². The predicted molar refractivity (Wildman–Crippen MR) is 72.8 cm³/mol. The number of hydrogen-bond donors (Lipinski definition) is 1. The van der Waals surface area contributed by atoms with E-state index in [1.807, 2.05) is 30.3 Å². The average molecular weight is 261 g/mol. The number of rotatable bonds is 3. The summed E-state index contributed by atoms with van der Waals surface area (Å²) < 4.78 is 5.97. The fourth-order valence-electron chi connectivity index (χ4n) is 2.69. The summed E-state index contributed by atoms with van der Waals surface area (Å²) in [5.41, 5.74) is 0.159. The molecule has 2 atom stereocenters. The Kier molecular flexibility index (Phi) is 3.62. The van der Waals surface area contributed by atoms with E-state index in [2.05, 4.69) is 6.58 Å². The highest BCUT2D eigenvalue weighted by Gasteiger charge is 2.49. The van der Waals surface area contributed by atoms with Crippen molar-refractivity contribution in [2.45, 2.75) is 38.1 Å². The van der Waals surface area contributed by atoms with Crippen LogP contribution < -0.4 is 0 Å². The van der Waals surface area contributed by atoms with Crippen molar-refractivity contribution < 1.29 is 14.6 Å². The molecule has 1 aliphatic heterocycles. The molecule has 0 spiro atoms. The molecule has 19 heavy (non-hydrogen) atoms. The molecular weight excluding hydrogens is 242 g/mol. The first-order chi connectivity index (χ1) is 8.97. The molecule has 0 aromatic heterocycles. The van der Waals surface area contributed by atoms with Crippen LogP contribution in [-0.4, -0.2) is 27.9 Å². The molecule has 1 amide bonds. The van der Waals surface area contributed by atoms with Crippen molar-refractivity contribution in [1.82, 2.24) is 4.90 Å². The quantitative estimate of drug-likeness (QED) is 0.848. The molecule has 0 saturated carbocycles. The summed E-state index contributed by atoms with van der Waals surface area (Å²) >= 11 is 0. The summed E-state index contributed by atoms with van der Waals surface area (Å²) in [6.45, 7) is 7.27. The molecule has 1 aliphatic rings. The molecule has 102 valence electrons. The van der Waals surface area contributed by atoms with Crippen molar-refractivity contribution in [2.24, 2.45) is 0 Å². The van der Waals surface area contributed by atoms with Crippen LogP contribution in [0.5, 0.6) is 0 Å². The van der Waals surface area contributed by atoms with E-state index in [9.17, 15) is 9.90 Å². The molecule has 0 aliphatic carbocycles. The van der Waals surface area contributed by atoms with Gasteiger partial charge >= 0.3 is 6.09 Å². The van der Waals surface area contributed by atoms with Crippen LogP contribution in [0.4, 0.5) is 4.79 Å². The molecule has 1 N–H and O–H groups in total. The van der Waals surface area contributed by atoms with Gasteiger partial charge in [0.25, 0.3) is 0 Å². The Morgan fingerprint density at radius 1 is 1.47 bits per heavy atom. The lowest BCUT2D eigenvalue weighted by Crippen LogP contribution is -2.47. The van der Waals surface area contributed by atoms with E-state index >= 15 is 0 Å². The minimum Gasteiger partial charge on any atom is -0.465 e. The zero-order valence-corrected chi connectivity index (χ0v) is 11.2. The Bertz CT molecular complexity index is 470. The number of carboxylic acid groups (broad SMARTS) is 1. The standard InChI is InChI=1S/C15H19NO3/c1-4-8-12-13(11-9-6-5-7-10-11)19-15(2,3)16(12)14(17)18/h4-7,9-10,12-13H,1,8H2,2-3H3,(H,17,18). The molecule has 0 radical (unpaired) electrons. The molecule has 1 heterocycles. The van der Waals surface area contributed by atoms with Crippen LogP contribution in [0.3, 0.4) is 0 Å². The maximum Gasteiger partial charge on any atom is 0.409 e. The smallest absolute Gasteiger partial charge is 0.409 e. The minimum atomic E-state index is -0.963. The van der Waals surface area contributed by atoms with Gasteiger partial charge in [0.1, 0.15) is 11.8 Å². The van der Waals surface area contributed by atoms with E-state index in [-0.39, 0.29) is 12.1 Å². The van der Waals surface area contributed by atoms with Crippen LogP contribution in [0.15, 0.2) is 43.0 Å². The number of hydrogen-bond acceptors (Lipinski definition) is 2. The summed E-state index contributed by atoms with van der Waals surface area (Å²) in [7, 11) is 0. The van der Waals surface area contributed by atoms with Gasteiger partial charge in [-0.3, -0.25) is 4.90 Å². The summed E-state index contributed by atoms with van der Waals surface area (Å²) in [4.78, 5) is 12.9. The number of benzene rings is 1. The van der Waals surface area contributed by atoms with Crippen molar-refractivity contribution in [2.75, 3.05) is 0 Å². The van der Waals surface area contributed by atoms with Gasteiger partial charge in [-0.05, 0) is 25.8 Å². The van der Waals surface area contributed by atoms with Gasteiger partial charge in [0.2, 0.25) is 0 Å². The maximum atomic E-state index is 11.5. The van der Waals surface area contributed by atoms with E-state index in [4.69, 9.17) is 4.74 Å². The molecule has 0 bridgehead atoms. The summed E-state index contributed by atoms with van der Waals surface area (Å²) in [5, 5.41) is 9.42.